The molecule has 23 heavy (non-hydrogen) atoms. The fourth-order valence-electron chi connectivity index (χ4n) is 3.25. The van der Waals surface area contributed by atoms with E-state index in [9.17, 15) is 4.39 Å². The average Bonchev–Trinajstić information content (AvgIpc) is 2.59. The van der Waals surface area contributed by atoms with Gasteiger partial charge in [0.15, 0.2) is 5.82 Å². The summed E-state index contributed by atoms with van der Waals surface area (Å²) in [6, 6.07) is 4.65. The lowest BCUT2D eigenvalue weighted by Crippen LogP contribution is -2.12. The van der Waals surface area contributed by atoms with E-state index in [4.69, 9.17) is 11.6 Å². The number of aromatic nitrogens is 2. The number of nitrogens with zero attached hydrogens (tertiary/aromatic N) is 2. The van der Waals surface area contributed by atoms with Gasteiger partial charge in [0.2, 0.25) is 0 Å². The summed E-state index contributed by atoms with van der Waals surface area (Å²) in [7, 11) is 0. The molecule has 4 heteroatoms. The van der Waals surface area contributed by atoms with Crippen LogP contribution in [0.4, 0.5) is 4.39 Å². The predicted octanol–water partition coefficient (Wildman–Crippen LogP) is 5.79. The number of hydrogen-bond acceptors (Lipinski definition) is 2. The largest absolute Gasteiger partial charge is 0.236 e. The van der Waals surface area contributed by atoms with Crippen molar-refractivity contribution in [3.8, 4) is 11.4 Å². The van der Waals surface area contributed by atoms with Crippen LogP contribution in [0.15, 0.2) is 42.7 Å². The molecule has 2 aromatic rings. The second-order valence-corrected chi connectivity index (χ2v) is 6.51. The van der Waals surface area contributed by atoms with Gasteiger partial charge in [-0.1, -0.05) is 23.8 Å². The average molecular weight is 331 g/mol. The van der Waals surface area contributed by atoms with Crippen LogP contribution in [0.5, 0.6) is 0 Å². The number of halogens is 2. The minimum absolute atomic E-state index is 0.114. The molecule has 0 radical (unpaired) electrons. The number of rotatable bonds is 3. The van der Waals surface area contributed by atoms with Crippen LogP contribution < -0.4 is 0 Å². The molecule has 2 nitrogen and oxygen atoms in total. The van der Waals surface area contributed by atoms with Crippen LogP contribution >= 0.6 is 11.6 Å². The molecular formula is C19H20ClFN2. The molecule has 0 atom stereocenters. The van der Waals surface area contributed by atoms with E-state index in [-0.39, 0.29) is 5.02 Å². The van der Waals surface area contributed by atoms with Gasteiger partial charge in [0.05, 0.1) is 5.02 Å². The second-order valence-electron chi connectivity index (χ2n) is 6.11. The molecule has 1 aromatic heterocycles. The smallest absolute Gasteiger partial charge is 0.159 e. The quantitative estimate of drug-likeness (QED) is 0.666. The topological polar surface area (TPSA) is 25.8 Å². The summed E-state index contributed by atoms with van der Waals surface area (Å²) in [5, 5.41) is 0.114. The number of hydrogen-bond donors (Lipinski definition) is 0. The fourth-order valence-corrected chi connectivity index (χ4v) is 3.37. The van der Waals surface area contributed by atoms with Gasteiger partial charge in [-0.25, -0.2) is 14.4 Å². The molecule has 0 amide bonds. The maximum atomic E-state index is 13.5. The summed E-state index contributed by atoms with van der Waals surface area (Å²) in [4.78, 5) is 8.83. The molecule has 1 aliphatic carbocycles. The summed E-state index contributed by atoms with van der Waals surface area (Å²) in [6.07, 6.45) is 13.0. The van der Waals surface area contributed by atoms with E-state index in [1.807, 2.05) is 12.4 Å². The SMILES string of the molecule is C/C=C/[C@H]1CC[C@H](c2cnc(-c3ccc(Cl)c(F)c3)nc2)CC1. The van der Waals surface area contributed by atoms with Crippen LogP contribution in [0, 0.1) is 11.7 Å². The molecule has 120 valence electrons. The van der Waals surface area contributed by atoms with Crippen molar-refractivity contribution in [2.75, 3.05) is 0 Å². The normalized spacial score (nSPS) is 21.7. The third-order valence-corrected chi connectivity index (χ3v) is 4.86. The molecule has 1 aliphatic rings. The molecule has 1 aromatic carbocycles. The van der Waals surface area contributed by atoms with Gasteiger partial charge >= 0.3 is 0 Å². The zero-order valence-corrected chi connectivity index (χ0v) is 13.9. The maximum absolute atomic E-state index is 13.5. The standard InChI is InChI=1S/C19H20ClFN2/c1-2-3-13-4-6-14(7-5-13)16-11-22-19(23-12-16)15-8-9-17(20)18(21)10-15/h2-3,8-14H,4-7H2,1H3/b3-2+/t13-,14-. The van der Waals surface area contributed by atoms with Crippen molar-refractivity contribution in [3.05, 3.63) is 59.1 Å². The summed E-state index contributed by atoms with van der Waals surface area (Å²) < 4.78 is 13.5. The summed E-state index contributed by atoms with van der Waals surface area (Å²) in [5.74, 6) is 1.34. The molecule has 0 N–H and O–H groups in total. The van der Waals surface area contributed by atoms with Crippen molar-refractivity contribution in [1.82, 2.24) is 9.97 Å². The van der Waals surface area contributed by atoms with Gasteiger partial charge < -0.3 is 0 Å². The van der Waals surface area contributed by atoms with Crippen LogP contribution in [0.2, 0.25) is 5.02 Å². The molecule has 0 spiro atoms. The lowest BCUT2D eigenvalue weighted by molar-refractivity contribution is 0.375. The van der Waals surface area contributed by atoms with Crippen molar-refractivity contribution in [3.63, 3.8) is 0 Å². The van der Waals surface area contributed by atoms with Gasteiger partial charge in [-0.15, -0.1) is 0 Å². The summed E-state index contributed by atoms with van der Waals surface area (Å²) >= 11 is 5.71. The highest BCUT2D eigenvalue weighted by atomic mass is 35.5. The molecule has 1 heterocycles. The molecule has 1 fully saturated rings. The Morgan fingerprint density at radius 2 is 1.83 bits per heavy atom. The molecule has 1 saturated carbocycles. The Morgan fingerprint density at radius 3 is 2.43 bits per heavy atom. The first-order chi connectivity index (χ1) is 11.2. The van der Waals surface area contributed by atoms with Crippen molar-refractivity contribution in [1.29, 1.82) is 0 Å². The van der Waals surface area contributed by atoms with Crippen molar-refractivity contribution >= 4 is 11.6 Å². The molecule has 0 aliphatic heterocycles. The van der Waals surface area contributed by atoms with E-state index >= 15 is 0 Å². The van der Waals surface area contributed by atoms with Crippen LogP contribution in [0.3, 0.4) is 0 Å². The third kappa shape index (κ3) is 3.78. The second kappa shape index (κ2) is 7.22. The van der Waals surface area contributed by atoms with Crippen molar-refractivity contribution in [2.24, 2.45) is 5.92 Å². The Balaban J connectivity index is 1.71. The van der Waals surface area contributed by atoms with E-state index in [1.165, 1.54) is 43.4 Å². The zero-order valence-electron chi connectivity index (χ0n) is 13.2. The first kappa shape index (κ1) is 16.1. The van der Waals surface area contributed by atoms with Crippen LogP contribution in [0.1, 0.15) is 44.1 Å². The first-order valence-corrected chi connectivity index (χ1v) is 8.45. The van der Waals surface area contributed by atoms with Gasteiger partial charge in [-0.3, -0.25) is 0 Å². The van der Waals surface area contributed by atoms with E-state index in [1.54, 1.807) is 6.07 Å². The highest BCUT2D eigenvalue weighted by Gasteiger charge is 2.21. The highest BCUT2D eigenvalue weighted by molar-refractivity contribution is 6.30. The van der Waals surface area contributed by atoms with Gasteiger partial charge in [0.1, 0.15) is 5.82 Å². The van der Waals surface area contributed by atoms with Crippen molar-refractivity contribution in [2.45, 2.75) is 38.5 Å². The minimum Gasteiger partial charge on any atom is -0.236 e. The number of allylic oxidation sites excluding steroid dienone is 2. The Hall–Kier alpha value is -1.74. The number of benzene rings is 1. The van der Waals surface area contributed by atoms with E-state index < -0.39 is 5.82 Å². The Morgan fingerprint density at radius 1 is 1.13 bits per heavy atom. The van der Waals surface area contributed by atoms with Crippen LogP contribution in [-0.2, 0) is 0 Å². The van der Waals surface area contributed by atoms with Gasteiger partial charge in [-0.2, -0.15) is 0 Å². The van der Waals surface area contributed by atoms with Crippen LogP contribution in [0.25, 0.3) is 11.4 Å². The molecule has 0 bridgehead atoms. The van der Waals surface area contributed by atoms with E-state index in [0.29, 0.717) is 23.2 Å². The zero-order chi connectivity index (χ0) is 16.2. The summed E-state index contributed by atoms with van der Waals surface area (Å²) in [6.45, 7) is 2.08. The minimum atomic E-state index is -0.445. The highest BCUT2D eigenvalue weighted by Crippen LogP contribution is 2.36. The fraction of sp³-hybridized carbons (Fsp3) is 0.368. The summed E-state index contributed by atoms with van der Waals surface area (Å²) in [5.41, 5.74) is 1.83. The van der Waals surface area contributed by atoms with Crippen LogP contribution in [-0.4, -0.2) is 9.97 Å². The molecule has 3 rings (SSSR count). The van der Waals surface area contributed by atoms with Gasteiger partial charge in [0.25, 0.3) is 0 Å². The van der Waals surface area contributed by atoms with Gasteiger partial charge in [-0.05, 0) is 68.2 Å². The molecule has 0 saturated heterocycles. The molecule has 0 unspecified atom stereocenters. The third-order valence-electron chi connectivity index (χ3n) is 4.56. The Labute approximate surface area is 141 Å². The van der Waals surface area contributed by atoms with Gasteiger partial charge in [0, 0.05) is 18.0 Å². The van der Waals surface area contributed by atoms with E-state index in [2.05, 4.69) is 29.0 Å². The first-order valence-electron chi connectivity index (χ1n) is 8.07. The predicted molar refractivity (Wildman–Crippen MR) is 91.9 cm³/mol. The maximum Gasteiger partial charge on any atom is 0.159 e. The monoisotopic (exact) mass is 330 g/mol. The van der Waals surface area contributed by atoms with Crippen molar-refractivity contribution < 1.29 is 4.39 Å². The lowest BCUT2D eigenvalue weighted by Gasteiger charge is -2.26. The molecular weight excluding hydrogens is 311 g/mol. The lowest BCUT2D eigenvalue weighted by atomic mass is 9.79. The Bertz CT molecular complexity index is 689. The Kier molecular flexibility index (Phi) is 5.06. The van der Waals surface area contributed by atoms with E-state index in [0.717, 1.165) is 0 Å².